The summed E-state index contributed by atoms with van der Waals surface area (Å²) in [7, 11) is 0. The van der Waals surface area contributed by atoms with E-state index in [2.05, 4.69) is 4.74 Å². The topological polar surface area (TPSA) is 71.7 Å². The largest absolute Gasteiger partial charge is 0.573 e. The molecule has 2 atom stereocenters. The zero-order valence-electron chi connectivity index (χ0n) is 15.4. The van der Waals surface area contributed by atoms with Crippen molar-refractivity contribution < 1.29 is 32.9 Å². The fourth-order valence-electron chi connectivity index (χ4n) is 3.85. The summed E-state index contributed by atoms with van der Waals surface area (Å²) in [5.74, 6) is -1.64. The Morgan fingerprint density at radius 2 is 1.93 bits per heavy atom. The lowest BCUT2D eigenvalue weighted by molar-refractivity contribution is -0.274. The van der Waals surface area contributed by atoms with Gasteiger partial charge in [-0.1, -0.05) is 25.0 Å². The summed E-state index contributed by atoms with van der Waals surface area (Å²) in [5, 5.41) is 19.8. The van der Waals surface area contributed by atoms with E-state index in [1.807, 2.05) is 0 Å². The van der Waals surface area contributed by atoms with Crippen molar-refractivity contribution in [2.24, 2.45) is 5.92 Å². The summed E-state index contributed by atoms with van der Waals surface area (Å²) < 4.78 is 44.3. The van der Waals surface area contributed by atoms with Crippen molar-refractivity contribution in [3.8, 4) is 17.0 Å². The van der Waals surface area contributed by atoms with Crippen LogP contribution in [0.2, 0.25) is 0 Å². The lowest BCUT2D eigenvalue weighted by Crippen LogP contribution is -2.29. The lowest BCUT2D eigenvalue weighted by Gasteiger charge is -2.29. The molecule has 2 aromatic rings. The van der Waals surface area contributed by atoms with Crippen LogP contribution >= 0.6 is 0 Å². The van der Waals surface area contributed by atoms with Gasteiger partial charge in [-0.05, 0) is 38.0 Å². The summed E-state index contributed by atoms with van der Waals surface area (Å²) in [4.78, 5) is 11.6. The Morgan fingerprint density at radius 1 is 1.25 bits per heavy atom. The Balaban J connectivity index is 2.08. The number of hydrogen-bond acceptors (Lipinski definition) is 3. The van der Waals surface area contributed by atoms with Gasteiger partial charge < -0.3 is 19.5 Å². The summed E-state index contributed by atoms with van der Waals surface area (Å²) in [6.45, 7) is 1.95. The first-order valence-electron chi connectivity index (χ1n) is 9.14. The average Bonchev–Trinajstić information content (AvgIpc) is 2.93. The molecule has 0 saturated heterocycles. The van der Waals surface area contributed by atoms with Crippen molar-refractivity contribution in [1.82, 2.24) is 4.57 Å². The number of aromatic nitrogens is 1. The van der Waals surface area contributed by atoms with E-state index in [1.165, 1.54) is 24.3 Å². The van der Waals surface area contributed by atoms with Crippen molar-refractivity contribution in [3.63, 3.8) is 0 Å². The smallest absolute Gasteiger partial charge is 0.478 e. The highest BCUT2D eigenvalue weighted by Crippen LogP contribution is 2.37. The van der Waals surface area contributed by atoms with Crippen LogP contribution in [-0.2, 0) is 6.54 Å². The number of para-hydroxylation sites is 1. The van der Waals surface area contributed by atoms with Crippen LogP contribution in [0, 0.1) is 12.8 Å². The molecule has 1 aliphatic carbocycles. The molecule has 1 fully saturated rings. The molecule has 8 heteroatoms. The van der Waals surface area contributed by atoms with E-state index < -0.39 is 24.2 Å². The van der Waals surface area contributed by atoms with Gasteiger partial charge in [0.15, 0.2) is 0 Å². The van der Waals surface area contributed by atoms with Crippen LogP contribution in [0.15, 0.2) is 30.3 Å². The number of benzene rings is 1. The van der Waals surface area contributed by atoms with Gasteiger partial charge in [0.25, 0.3) is 0 Å². The number of halogens is 3. The maximum Gasteiger partial charge on any atom is 0.573 e. The molecule has 0 aliphatic heterocycles. The van der Waals surface area contributed by atoms with Crippen LogP contribution in [0.4, 0.5) is 13.2 Å². The van der Waals surface area contributed by atoms with Gasteiger partial charge in [-0.25, -0.2) is 4.79 Å². The van der Waals surface area contributed by atoms with Crippen LogP contribution in [0.25, 0.3) is 11.3 Å². The molecule has 0 spiro atoms. The first-order valence-corrected chi connectivity index (χ1v) is 9.14. The summed E-state index contributed by atoms with van der Waals surface area (Å²) in [5.41, 5.74) is 0.928. The highest BCUT2D eigenvalue weighted by Gasteiger charge is 2.33. The number of alkyl halides is 3. The minimum absolute atomic E-state index is 0.0158. The number of carboxylic acids is 1. The molecule has 2 unspecified atom stereocenters. The molecular weight excluding hydrogens is 375 g/mol. The van der Waals surface area contributed by atoms with E-state index in [1.54, 1.807) is 17.6 Å². The predicted molar refractivity (Wildman–Crippen MR) is 96.2 cm³/mol. The minimum atomic E-state index is -4.86. The number of rotatable bonds is 5. The van der Waals surface area contributed by atoms with E-state index in [4.69, 9.17) is 0 Å². The molecule has 1 aliphatic rings. The molecular formula is C20H22F3NO4. The monoisotopic (exact) mass is 397 g/mol. The molecule has 1 aromatic heterocycles. The molecule has 28 heavy (non-hydrogen) atoms. The van der Waals surface area contributed by atoms with Crippen molar-refractivity contribution >= 4 is 5.97 Å². The van der Waals surface area contributed by atoms with E-state index in [0.29, 0.717) is 24.4 Å². The quantitative estimate of drug-likeness (QED) is 0.773. The third-order valence-corrected chi connectivity index (χ3v) is 5.27. The second-order valence-electron chi connectivity index (χ2n) is 7.10. The van der Waals surface area contributed by atoms with E-state index in [0.717, 1.165) is 19.3 Å². The normalized spacial score (nSPS) is 20.2. The summed E-state index contributed by atoms with van der Waals surface area (Å²) in [6, 6.07) is 7.03. The molecule has 1 aromatic carbocycles. The zero-order valence-corrected chi connectivity index (χ0v) is 15.4. The Morgan fingerprint density at radius 3 is 2.57 bits per heavy atom. The second-order valence-corrected chi connectivity index (χ2v) is 7.10. The molecule has 3 rings (SSSR count). The number of nitrogens with zero attached hydrogens (tertiary/aromatic N) is 1. The van der Waals surface area contributed by atoms with Crippen molar-refractivity contribution in [2.45, 2.75) is 51.6 Å². The number of hydrogen-bond donors (Lipinski definition) is 2. The molecule has 2 N–H and O–H groups in total. The Bertz CT molecular complexity index is 860. The third kappa shape index (κ3) is 4.32. The van der Waals surface area contributed by atoms with Gasteiger partial charge in [-0.15, -0.1) is 13.2 Å². The molecule has 152 valence electrons. The van der Waals surface area contributed by atoms with Crippen LogP contribution in [0.3, 0.4) is 0 Å². The number of carbonyl (C=O) groups is 1. The number of aliphatic hydroxyl groups is 1. The lowest BCUT2D eigenvalue weighted by atomic mass is 9.86. The van der Waals surface area contributed by atoms with Gasteiger partial charge in [0.05, 0.1) is 17.4 Å². The van der Waals surface area contributed by atoms with Gasteiger partial charge in [0, 0.05) is 23.7 Å². The molecule has 0 amide bonds. The van der Waals surface area contributed by atoms with Crippen molar-refractivity contribution in [1.29, 1.82) is 0 Å². The highest BCUT2D eigenvalue weighted by atomic mass is 19.4. The van der Waals surface area contributed by atoms with Gasteiger partial charge in [-0.3, -0.25) is 0 Å². The van der Waals surface area contributed by atoms with Gasteiger partial charge in [0.1, 0.15) is 5.75 Å². The second kappa shape index (κ2) is 7.87. The number of aromatic carboxylic acids is 1. The summed E-state index contributed by atoms with van der Waals surface area (Å²) >= 11 is 0. The standard InChI is InChI=1S/C20H22F3NO4/c1-12-15(19(26)27)10-16(24(12)11-13-6-2-4-8-17(13)25)14-7-3-5-9-18(14)28-20(21,22)23/h3,5,7,9-10,13,17,25H,2,4,6,8,11H2,1H3,(H,26,27). The number of carboxylic acid groups (broad SMARTS) is 1. The number of ether oxygens (including phenoxy) is 1. The highest BCUT2D eigenvalue weighted by molar-refractivity contribution is 5.91. The Hall–Kier alpha value is -2.48. The van der Waals surface area contributed by atoms with Crippen LogP contribution in [0.5, 0.6) is 5.75 Å². The molecule has 0 bridgehead atoms. The van der Waals surface area contributed by atoms with Crippen molar-refractivity contribution in [3.05, 3.63) is 41.6 Å². The Labute approximate surface area is 160 Å². The number of aliphatic hydroxyl groups excluding tert-OH is 1. The van der Waals surface area contributed by atoms with Gasteiger partial charge in [-0.2, -0.15) is 0 Å². The Kier molecular flexibility index (Phi) is 5.69. The molecule has 5 nitrogen and oxygen atoms in total. The van der Waals surface area contributed by atoms with E-state index >= 15 is 0 Å². The first-order chi connectivity index (χ1) is 13.2. The zero-order chi connectivity index (χ0) is 20.5. The first kappa shape index (κ1) is 20.3. The van der Waals surface area contributed by atoms with Gasteiger partial charge in [0.2, 0.25) is 0 Å². The maximum absolute atomic E-state index is 12.8. The fraction of sp³-hybridized carbons (Fsp3) is 0.450. The predicted octanol–water partition coefficient (Wildman–Crippen LogP) is 4.61. The third-order valence-electron chi connectivity index (χ3n) is 5.27. The van der Waals surface area contributed by atoms with Gasteiger partial charge >= 0.3 is 12.3 Å². The van der Waals surface area contributed by atoms with Crippen LogP contribution in [0.1, 0.15) is 41.7 Å². The van der Waals surface area contributed by atoms with Crippen LogP contribution < -0.4 is 4.74 Å². The average molecular weight is 397 g/mol. The summed E-state index contributed by atoms with van der Waals surface area (Å²) in [6.07, 6.45) is -2.05. The van der Waals surface area contributed by atoms with Crippen LogP contribution in [-0.4, -0.2) is 33.2 Å². The SMILES string of the molecule is Cc1c(C(=O)O)cc(-c2ccccc2OC(F)(F)F)n1CC1CCCCC1O. The minimum Gasteiger partial charge on any atom is -0.478 e. The molecule has 1 heterocycles. The van der Waals surface area contributed by atoms with E-state index in [-0.39, 0.29) is 17.0 Å². The molecule has 0 radical (unpaired) electrons. The maximum atomic E-state index is 12.8. The molecule has 1 saturated carbocycles. The van der Waals surface area contributed by atoms with Crippen molar-refractivity contribution in [2.75, 3.05) is 0 Å². The fourth-order valence-corrected chi connectivity index (χ4v) is 3.85. The van der Waals surface area contributed by atoms with E-state index in [9.17, 15) is 28.2 Å².